The largest absolute Gasteiger partial charge is 0.493 e. The molecule has 1 aromatic carbocycles. The standard InChI is InChI=1S/C16H26FNO2/c1-5-7-18-12-13-9-14(17)11-15(10-13)20-8-6-16(2,3)19-4/h9-11,18H,5-8,12H2,1-4H3. The fourth-order valence-electron chi connectivity index (χ4n) is 1.73. The molecule has 0 unspecified atom stereocenters. The minimum atomic E-state index is -0.262. The van der Waals surface area contributed by atoms with Crippen LogP contribution in [0.4, 0.5) is 4.39 Å². The van der Waals surface area contributed by atoms with Crippen molar-refractivity contribution in [2.75, 3.05) is 20.3 Å². The number of ether oxygens (including phenoxy) is 2. The first-order valence-electron chi connectivity index (χ1n) is 7.15. The zero-order valence-corrected chi connectivity index (χ0v) is 13.0. The Kier molecular flexibility index (Phi) is 6.96. The van der Waals surface area contributed by atoms with Crippen molar-refractivity contribution >= 4 is 0 Å². The van der Waals surface area contributed by atoms with Gasteiger partial charge < -0.3 is 14.8 Å². The van der Waals surface area contributed by atoms with E-state index in [1.165, 1.54) is 12.1 Å². The molecule has 0 saturated carbocycles. The van der Waals surface area contributed by atoms with Gasteiger partial charge in [-0.05, 0) is 44.5 Å². The van der Waals surface area contributed by atoms with Crippen molar-refractivity contribution < 1.29 is 13.9 Å². The van der Waals surface area contributed by atoms with Gasteiger partial charge in [-0.25, -0.2) is 4.39 Å². The number of benzene rings is 1. The number of hydrogen-bond acceptors (Lipinski definition) is 3. The lowest BCUT2D eigenvalue weighted by atomic mass is 10.1. The van der Waals surface area contributed by atoms with Crippen molar-refractivity contribution in [1.82, 2.24) is 5.32 Å². The molecule has 0 bridgehead atoms. The molecular weight excluding hydrogens is 257 g/mol. The second-order valence-electron chi connectivity index (χ2n) is 5.53. The second kappa shape index (κ2) is 8.22. The number of rotatable bonds is 9. The molecule has 0 aliphatic carbocycles. The molecule has 114 valence electrons. The average Bonchev–Trinajstić information content (AvgIpc) is 2.38. The van der Waals surface area contributed by atoms with Crippen molar-refractivity contribution in [2.24, 2.45) is 0 Å². The molecular formula is C16H26FNO2. The Balaban J connectivity index is 2.53. The van der Waals surface area contributed by atoms with Gasteiger partial charge in [0.25, 0.3) is 0 Å². The fraction of sp³-hybridized carbons (Fsp3) is 0.625. The molecule has 0 saturated heterocycles. The van der Waals surface area contributed by atoms with Crippen LogP contribution in [0.2, 0.25) is 0 Å². The Labute approximate surface area is 121 Å². The van der Waals surface area contributed by atoms with Crippen LogP contribution in [-0.4, -0.2) is 25.9 Å². The van der Waals surface area contributed by atoms with Gasteiger partial charge in [-0.2, -0.15) is 0 Å². The summed E-state index contributed by atoms with van der Waals surface area (Å²) in [6, 6.07) is 4.84. The molecule has 0 aliphatic heterocycles. The van der Waals surface area contributed by atoms with Gasteiger partial charge in [0.1, 0.15) is 11.6 Å². The van der Waals surface area contributed by atoms with Crippen molar-refractivity contribution in [3.05, 3.63) is 29.6 Å². The minimum absolute atomic E-state index is 0.223. The van der Waals surface area contributed by atoms with E-state index in [0.717, 1.165) is 24.9 Å². The summed E-state index contributed by atoms with van der Waals surface area (Å²) in [5, 5.41) is 3.25. The van der Waals surface area contributed by atoms with Crippen molar-refractivity contribution in [2.45, 2.75) is 45.8 Å². The third kappa shape index (κ3) is 6.35. The molecule has 0 aliphatic rings. The molecule has 0 atom stereocenters. The maximum Gasteiger partial charge on any atom is 0.127 e. The smallest absolute Gasteiger partial charge is 0.127 e. The average molecular weight is 283 g/mol. The van der Waals surface area contributed by atoms with E-state index in [4.69, 9.17) is 9.47 Å². The van der Waals surface area contributed by atoms with Crippen LogP contribution >= 0.6 is 0 Å². The van der Waals surface area contributed by atoms with Crippen LogP contribution in [0.1, 0.15) is 39.2 Å². The van der Waals surface area contributed by atoms with E-state index >= 15 is 0 Å². The summed E-state index contributed by atoms with van der Waals surface area (Å²) in [4.78, 5) is 0. The molecule has 1 rings (SSSR count). The lowest BCUT2D eigenvalue weighted by Crippen LogP contribution is -2.25. The van der Waals surface area contributed by atoms with Gasteiger partial charge >= 0.3 is 0 Å². The van der Waals surface area contributed by atoms with Gasteiger partial charge in [0.2, 0.25) is 0 Å². The Morgan fingerprint density at radius 1 is 1.25 bits per heavy atom. The van der Waals surface area contributed by atoms with Crippen LogP contribution in [0.5, 0.6) is 5.75 Å². The lowest BCUT2D eigenvalue weighted by molar-refractivity contribution is 0.00543. The highest BCUT2D eigenvalue weighted by Gasteiger charge is 2.16. The highest BCUT2D eigenvalue weighted by molar-refractivity contribution is 5.29. The molecule has 3 nitrogen and oxygen atoms in total. The van der Waals surface area contributed by atoms with E-state index in [9.17, 15) is 4.39 Å². The number of nitrogens with one attached hydrogen (secondary N) is 1. The topological polar surface area (TPSA) is 30.5 Å². The summed E-state index contributed by atoms with van der Waals surface area (Å²) < 4.78 is 24.5. The van der Waals surface area contributed by atoms with Crippen LogP contribution in [-0.2, 0) is 11.3 Å². The predicted octanol–water partition coefficient (Wildman–Crippen LogP) is 3.52. The highest BCUT2D eigenvalue weighted by Crippen LogP contribution is 2.19. The molecule has 0 spiro atoms. The van der Waals surface area contributed by atoms with E-state index < -0.39 is 0 Å². The van der Waals surface area contributed by atoms with Gasteiger partial charge in [0.05, 0.1) is 12.2 Å². The summed E-state index contributed by atoms with van der Waals surface area (Å²) in [6.45, 7) is 8.20. The first kappa shape index (κ1) is 16.9. The zero-order valence-electron chi connectivity index (χ0n) is 13.0. The summed E-state index contributed by atoms with van der Waals surface area (Å²) in [7, 11) is 1.68. The van der Waals surface area contributed by atoms with Gasteiger partial charge in [-0.3, -0.25) is 0 Å². The Bertz CT molecular complexity index is 407. The quantitative estimate of drug-likeness (QED) is 0.703. The molecule has 0 amide bonds. The number of methoxy groups -OCH3 is 1. The summed E-state index contributed by atoms with van der Waals surface area (Å²) in [6.07, 6.45) is 1.81. The van der Waals surface area contributed by atoms with Crippen LogP contribution in [0.25, 0.3) is 0 Å². The van der Waals surface area contributed by atoms with Gasteiger partial charge in [0, 0.05) is 26.1 Å². The lowest BCUT2D eigenvalue weighted by Gasteiger charge is -2.22. The number of hydrogen-bond donors (Lipinski definition) is 1. The van der Waals surface area contributed by atoms with Crippen LogP contribution in [0.15, 0.2) is 18.2 Å². The van der Waals surface area contributed by atoms with E-state index in [2.05, 4.69) is 12.2 Å². The van der Waals surface area contributed by atoms with Gasteiger partial charge in [0.15, 0.2) is 0 Å². The van der Waals surface area contributed by atoms with Crippen LogP contribution in [0, 0.1) is 5.82 Å². The maximum absolute atomic E-state index is 13.5. The molecule has 20 heavy (non-hydrogen) atoms. The normalized spacial score (nSPS) is 11.7. The second-order valence-corrected chi connectivity index (χ2v) is 5.53. The molecule has 0 heterocycles. The fourth-order valence-corrected chi connectivity index (χ4v) is 1.73. The Morgan fingerprint density at radius 2 is 2.00 bits per heavy atom. The van der Waals surface area contributed by atoms with Crippen molar-refractivity contribution in [3.8, 4) is 5.75 Å². The third-order valence-corrected chi connectivity index (χ3v) is 3.21. The zero-order chi connectivity index (χ0) is 15.0. The summed E-state index contributed by atoms with van der Waals surface area (Å²) in [5.41, 5.74) is 0.679. The summed E-state index contributed by atoms with van der Waals surface area (Å²) >= 11 is 0. The number of halogens is 1. The summed E-state index contributed by atoms with van der Waals surface area (Å²) in [5.74, 6) is 0.312. The Hall–Kier alpha value is -1.13. The van der Waals surface area contributed by atoms with Crippen LogP contribution < -0.4 is 10.1 Å². The molecule has 1 aromatic rings. The monoisotopic (exact) mass is 283 g/mol. The molecule has 4 heteroatoms. The first-order valence-corrected chi connectivity index (χ1v) is 7.15. The Morgan fingerprint density at radius 3 is 2.65 bits per heavy atom. The van der Waals surface area contributed by atoms with E-state index in [1.807, 2.05) is 19.9 Å². The first-order chi connectivity index (χ1) is 9.46. The highest BCUT2D eigenvalue weighted by atomic mass is 19.1. The van der Waals surface area contributed by atoms with Crippen molar-refractivity contribution in [1.29, 1.82) is 0 Å². The van der Waals surface area contributed by atoms with E-state index in [-0.39, 0.29) is 11.4 Å². The maximum atomic E-state index is 13.5. The molecule has 1 N–H and O–H groups in total. The molecule has 0 aromatic heterocycles. The van der Waals surface area contributed by atoms with Crippen LogP contribution in [0.3, 0.4) is 0 Å². The predicted molar refractivity (Wildman–Crippen MR) is 79.6 cm³/mol. The van der Waals surface area contributed by atoms with E-state index in [1.54, 1.807) is 7.11 Å². The third-order valence-electron chi connectivity index (χ3n) is 3.21. The van der Waals surface area contributed by atoms with Gasteiger partial charge in [-0.1, -0.05) is 6.92 Å². The minimum Gasteiger partial charge on any atom is -0.493 e. The van der Waals surface area contributed by atoms with Crippen molar-refractivity contribution in [3.63, 3.8) is 0 Å². The van der Waals surface area contributed by atoms with E-state index in [0.29, 0.717) is 18.9 Å². The SMILES string of the molecule is CCCNCc1cc(F)cc(OCCC(C)(C)OC)c1. The van der Waals surface area contributed by atoms with Gasteiger partial charge in [-0.15, -0.1) is 0 Å². The molecule has 0 radical (unpaired) electrons. The molecule has 0 fully saturated rings.